The van der Waals surface area contributed by atoms with E-state index in [-0.39, 0.29) is 10.8 Å². The molecule has 2 aromatic carbocycles. The van der Waals surface area contributed by atoms with E-state index >= 15 is 0 Å². The zero-order chi connectivity index (χ0) is 23.3. The van der Waals surface area contributed by atoms with Crippen LogP contribution in [0.25, 0.3) is 0 Å². The van der Waals surface area contributed by atoms with Gasteiger partial charge in [-0.3, -0.25) is 4.79 Å². The molecule has 0 atom stereocenters. The van der Waals surface area contributed by atoms with Gasteiger partial charge in [0.25, 0.3) is 5.91 Å². The Hall–Kier alpha value is -2.58. The lowest BCUT2D eigenvalue weighted by Gasteiger charge is -2.22. The molecule has 7 nitrogen and oxygen atoms in total. The number of anilines is 1. The molecule has 1 saturated heterocycles. The average Bonchev–Trinajstić information content (AvgIpc) is 3.04. The Bertz CT molecular complexity index is 1080. The number of hydrogen-bond donors (Lipinski definition) is 1. The Morgan fingerprint density at radius 2 is 1.79 bits per heavy atom. The molecule has 2 aliphatic heterocycles. The van der Waals surface area contributed by atoms with E-state index in [9.17, 15) is 13.2 Å². The van der Waals surface area contributed by atoms with Crippen molar-refractivity contribution >= 4 is 21.6 Å². The summed E-state index contributed by atoms with van der Waals surface area (Å²) in [5.41, 5.74) is 2.89. The normalized spacial score (nSPS) is 16.4. The van der Waals surface area contributed by atoms with Gasteiger partial charge in [-0.1, -0.05) is 31.0 Å². The van der Waals surface area contributed by atoms with Crippen LogP contribution in [0.4, 0.5) is 5.69 Å². The number of hydrogen-bond acceptors (Lipinski definition) is 5. The highest BCUT2D eigenvalue weighted by Crippen LogP contribution is 2.28. The second-order valence-electron chi connectivity index (χ2n) is 8.69. The number of carbonyl (C=O) groups excluding carboxylic acids is 1. The van der Waals surface area contributed by atoms with Crippen molar-refractivity contribution < 1.29 is 17.9 Å². The quantitative estimate of drug-likeness (QED) is 0.597. The molecular formula is C25H33N3O4S. The molecule has 0 aliphatic carbocycles. The van der Waals surface area contributed by atoms with Gasteiger partial charge in [-0.25, -0.2) is 13.1 Å². The first-order chi connectivity index (χ1) is 16.0. The maximum atomic E-state index is 13.1. The Labute approximate surface area is 196 Å². The van der Waals surface area contributed by atoms with E-state index in [4.69, 9.17) is 4.74 Å². The van der Waals surface area contributed by atoms with E-state index in [1.807, 2.05) is 11.0 Å². The smallest absolute Gasteiger partial charge is 0.257 e. The Morgan fingerprint density at radius 1 is 1.03 bits per heavy atom. The molecule has 2 aromatic rings. The summed E-state index contributed by atoms with van der Waals surface area (Å²) in [4.78, 5) is 17.3. The largest absolute Gasteiger partial charge is 0.496 e. The third-order valence-corrected chi connectivity index (χ3v) is 7.94. The molecule has 0 aromatic heterocycles. The minimum absolute atomic E-state index is 0.0907. The highest BCUT2D eigenvalue weighted by Gasteiger charge is 2.24. The fourth-order valence-corrected chi connectivity index (χ4v) is 5.76. The summed E-state index contributed by atoms with van der Waals surface area (Å²) in [7, 11) is -2.23. The van der Waals surface area contributed by atoms with Gasteiger partial charge in [0.05, 0.1) is 17.6 Å². The van der Waals surface area contributed by atoms with Crippen molar-refractivity contribution in [3.05, 3.63) is 53.6 Å². The molecule has 0 bridgehead atoms. The number of sulfonamides is 1. The Kier molecular flexibility index (Phi) is 7.55. The number of benzene rings is 2. The van der Waals surface area contributed by atoms with Gasteiger partial charge >= 0.3 is 0 Å². The molecule has 1 fully saturated rings. The zero-order valence-electron chi connectivity index (χ0n) is 19.3. The number of amides is 1. The summed E-state index contributed by atoms with van der Waals surface area (Å²) in [6, 6.07) is 12.9. The number of methoxy groups -OCH3 is 1. The number of fused-ring (bicyclic) bond motifs is 1. The first-order valence-electron chi connectivity index (χ1n) is 11.8. The van der Waals surface area contributed by atoms with Crippen molar-refractivity contribution in [3.8, 4) is 5.75 Å². The van der Waals surface area contributed by atoms with Gasteiger partial charge in [-0.2, -0.15) is 0 Å². The SMILES string of the molecule is COc1ccc(S(=O)(=O)NCCCN2CCc3ccccc32)cc1C(=O)N1CCCCCC1. The van der Waals surface area contributed by atoms with Gasteiger partial charge in [-0.15, -0.1) is 0 Å². The van der Waals surface area contributed by atoms with E-state index in [2.05, 4.69) is 27.8 Å². The number of rotatable bonds is 8. The van der Waals surface area contributed by atoms with Crippen molar-refractivity contribution in [2.24, 2.45) is 0 Å². The fraction of sp³-hybridized carbons (Fsp3) is 0.480. The van der Waals surface area contributed by atoms with Crippen LogP contribution < -0.4 is 14.4 Å². The summed E-state index contributed by atoms with van der Waals surface area (Å²) in [6.45, 7) is 3.48. The van der Waals surface area contributed by atoms with E-state index in [0.717, 1.165) is 45.2 Å². The molecule has 4 rings (SSSR count). The molecule has 178 valence electrons. The van der Waals surface area contributed by atoms with Gasteiger partial charge in [-0.05, 0) is 55.5 Å². The van der Waals surface area contributed by atoms with Crippen LogP contribution in [-0.2, 0) is 16.4 Å². The molecule has 1 amide bonds. The highest BCUT2D eigenvalue weighted by atomic mass is 32.2. The number of nitrogens with zero attached hydrogens (tertiary/aromatic N) is 2. The summed E-state index contributed by atoms with van der Waals surface area (Å²) >= 11 is 0. The minimum Gasteiger partial charge on any atom is -0.496 e. The standard InChI is InChI=1S/C25H33N3O4S/c1-32-24-12-11-21(19-22(24)25(29)28-15-6-2-3-7-16-28)33(30,31)26-14-8-17-27-18-13-20-9-4-5-10-23(20)27/h4-5,9-12,19,26H,2-3,6-8,13-18H2,1H3. The minimum atomic E-state index is -3.73. The summed E-state index contributed by atoms with van der Waals surface area (Å²) < 4.78 is 34.0. The molecule has 33 heavy (non-hydrogen) atoms. The van der Waals surface area contributed by atoms with Crippen molar-refractivity contribution in [3.63, 3.8) is 0 Å². The van der Waals surface area contributed by atoms with Crippen LogP contribution in [0.3, 0.4) is 0 Å². The van der Waals surface area contributed by atoms with Gasteiger partial charge in [0.1, 0.15) is 5.75 Å². The first-order valence-corrected chi connectivity index (χ1v) is 13.3. The van der Waals surface area contributed by atoms with E-state index in [1.165, 1.54) is 30.5 Å². The maximum Gasteiger partial charge on any atom is 0.257 e. The predicted octanol–water partition coefficient (Wildman–Crippen LogP) is 3.44. The molecule has 0 unspecified atom stereocenters. The number of nitrogens with one attached hydrogen (secondary N) is 1. The number of carbonyl (C=O) groups is 1. The van der Waals surface area contributed by atoms with Crippen LogP contribution >= 0.6 is 0 Å². The molecule has 0 spiro atoms. The van der Waals surface area contributed by atoms with Crippen molar-refractivity contribution in [2.45, 2.75) is 43.4 Å². The molecule has 8 heteroatoms. The lowest BCUT2D eigenvalue weighted by atomic mass is 10.1. The lowest BCUT2D eigenvalue weighted by Crippen LogP contribution is -2.32. The molecule has 2 heterocycles. The van der Waals surface area contributed by atoms with Crippen molar-refractivity contribution in [2.75, 3.05) is 44.7 Å². The number of ether oxygens (including phenoxy) is 1. The van der Waals surface area contributed by atoms with E-state index in [1.54, 1.807) is 6.07 Å². The third-order valence-electron chi connectivity index (χ3n) is 6.49. The lowest BCUT2D eigenvalue weighted by molar-refractivity contribution is 0.0758. The Balaban J connectivity index is 1.40. The van der Waals surface area contributed by atoms with Crippen LogP contribution in [0.1, 0.15) is 48.0 Å². The fourth-order valence-electron chi connectivity index (χ4n) is 4.66. The second kappa shape index (κ2) is 10.6. The molecule has 0 radical (unpaired) electrons. The van der Waals surface area contributed by atoms with E-state index in [0.29, 0.717) is 37.4 Å². The van der Waals surface area contributed by atoms with Gasteiger partial charge in [0.2, 0.25) is 10.0 Å². The van der Waals surface area contributed by atoms with Crippen LogP contribution in [-0.4, -0.2) is 59.1 Å². The van der Waals surface area contributed by atoms with Gasteiger partial charge < -0.3 is 14.5 Å². The molecule has 2 aliphatic rings. The average molecular weight is 472 g/mol. The molecular weight excluding hydrogens is 438 g/mol. The maximum absolute atomic E-state index is 13.1. The number of likely N-dealkylation sites (tertiary alicyclic amines) is 1. The number of para-hydroxylation sites is 1. The van der Waals surface area contributed by atoms with Crippen LogP contribution in [0, 0.1) is 0 Å². The zero-order valence-corrected chi connectivity index (χ0v) is 20.1. The first kappa shape index (κ1) is 23.6. The van der Waals surface area contributed by atoms with Crippen molar-refractivity contribution in [1.29, 1.82) is 0 Å². The van der Waals surface area contributed by atoms with Crippen LogP contribution in [0.5, 0.6) is 5.75 Å². The van der Waals surface area contributed by atoms with Crippen LogP contribution in [0.2, 0.25) is 0 Å². The molecule has 0 saturated carbocycles. The predicted molar refractivity (Wildman–Crippen MR) is 130 cm³/mol. The van der Waals surface area contributed by atoms with E-state index < -0.39 is 10.0 Å². The highest BCUT2D eigenvalue weighted by molar-refractivity contribution is 7.89. The molecule has 1 N–H and O–H groups in total. The third kappa shape index (κ3) is 5.50. The second-order valence-corrected chi connectivity index (χ2v) is 10.5. The monoisotopic (exact) mass is 471 g/mol. The van der Waals surface area contributed by atoms with Crippen LogP contribution in [0.15, 0.2) is 47.4 Å². The summed E-state index contributed by atoms with van der Waals surface area (Å²) in [5, 5.41) is 0. The topological polar surface area (TPSA) is 79.0 Å². The Morgan fingerprint density at radius 3 is 2.55 bits per heavy atom. The summed E-state index contributed by atoms with van der Waals surface area (Å²) in [5.74, 6) is 0.231. The van der Waals surface area contributed by atoms with Gasteiger partial charge in [0.15, 0.2) is 0 Å². The summed E-state index contributed by atoms with van der Waals surface area (Å²) in [6.07, 6.45) is 5.89. The van der Waals surface area contributed by atoms with Gasteiger partial charge in [0, 0.05) is 38.4 Å². The van der Waals surface area contributed by atoms with Crippen molar-refractivity contribution in [1.82, 2.24) is 9.62 Å².